The number of rotatable bonds is 2. The van der Waals surface area contributed by atoms with Gasteiger partial charge in [-0.25, -0.2) is 4.98 Å². The molecule has 0 aromatic carbocycles. The zero-order valence-electron chi connectivity index (χ0n) is 6.48. The van der Waals surface area contributed by atoms with Crippen molar-refractivity contribution in [2.24, 2.45) is 0 Å². The molecule has 1 aromatic heterocycles. The topological polar surface area (TPSA) is 37.0 Å². The molecule has 0 bridgehead atoms. The molecule has 0 aliphatic heterocycles. The van der Waals surface area contributed by atoms with E-state index in [1.807, 2.05) is 13.1 Å². The lowest BCUT2D eigenvalue weighted by molar-refractivity contribution is 1.27. The molecule has 0 unspecified atom stereocenters. The molecule has 1 rings (SSSR count). The highest BCUT2D eigenvalue weighted by Gasteiger charge is 1.99. The molecule has 0 spiro atoms. The minimum Gasteiger partial charge on any atom is -0.385 e. The third-order valence-electron chi connectivity index (χ3n) is 1.37. The van der Waals surface area contributed by atoms with Crippen LogP contribution in [0.5, 0.6) is 0 Å². The van der Waals surface area contributed by atoms with Crippen molar-refractivity contribution < 1.29 is 0 Å². The highest BCUT2D eigenvalue weighted by Crippen LogP contribution is 2.19. The second-order valence-corrected chi connectivity index (χ2v) is 2.42. The Morgan fingerprint density at radius 1 is 1.27 bits per heavy atom. The van der Waals surface area contributed by atoms with Gasteiger partial charge in [0.25, 0.3) is 0 Å². The quantitative estimate of drug-likeness (QED) is 0.667. The fraction of sp³-hybridized carbons (Fsp3) is 0.286. The van der Waals surface area contributed by atoms with E-state index in [0.717, 1.165) is 11.5 Å². The van der Waals surface area contributed by atoms with E-state index in [-0.39, 0.29) is 0 Å². The van der Waals surface area contributed by atoms with Crippen LogP contribution in [-0.4, -0.2) is 19.1 Å². The Labute approximate surface area is 70.8 Å². The van der Waals surface area contributed by atoms with Crippen LogP contribution in [0, 0.1) is 0 Å². The van der Waals surface area contributed by atoms with Gasteiger partial charge in [0.2, 0.25) is 0 Å². The first kappa shape index (κ1) is 8.14. The molecule has 4 heteroatoms. The minimum absolute atomic E-state index is 0.494. The molecule has 0 aliphatic rings. The number of hydrogen-bond acceptors (Lipinski definition) is 3. The van der Waals surface area contributed by atoms with Gasteiger partial charge in [0.1, 0.15) is 5.15 Å². The van der Waals surface area contributed by atoms with Gasteiger partial charge in [0, 0.05) is 14.1 Å². The third kappa shape index (κ3) is 1.74. The highest BCUT2D eigenvalue weighted by molar-refractivity contribution is 6.29. The standard InChI is InChI=1S/C7H10ClN3/c1-9-5-3-4-6(8)11-7(5)10-2/h3-4,9H,1-2H3,(H,10,11). The average Bonchev–Trinajstić information content (AvgIpc) is 2.04. The fourth-order valence-corrected chi connectivity index (χ4v) is 0.975. The van der Waals surface area contributed by atoms with Crippen molar-refractivity contribution in [1.82, 2.24) is 4.98 Å². The molecule has 0 atom stereocenters. The van der Waals surface area contributed by atoms with Gasteiger partial charge in [-0.1, -0.05) is 11.6 Å². The molecule has 0 radical (unpaired) electrons. The molecule has 0 saturated carbocycles. The second-order valence-electron chi connectivity index (χ2n) is 2.03. The molecule has 1 aromatic rings. The number of hydrogen-bond donors (Lipinski definition) is 2. The van der Waals surface area contributed by atoms with Crippen molar-refractivity contribution in [1.29, 1.82) is 0 Å². The van der Waals surface area contributed by atoms with Gasteiger partial charge in [0.05, 0.1) is 5.69 Å². The maximum absolute atomic E-state index is 5.67. The Kier molecular flexibility index (Phi) is 2.54. The lowest BCUT2D eigenvalue weighted by atomic mass is 10.4. The van der Waals surface area contributed by atoms with Crippen molar-refractivity contribution in [2.45, 2.75) is 0 Å². The molecule has 0 saturated heterocycles. The molecule has 3 nitrogen and oxygen atoms in total. The van der Waals surface area contributed by atoms with E-state index >= 15 is 0 Å². The summed E-state index contributed by atoms with van der Waals surface area (Å²) < 4.78 is 0. The lowest BCUT2D eigenvalue weighted by Crippen LogP contribution is -1.98. The van der Waals surface area contributed by atoms with Crippen molar-refractivity contribution >= 4 is 23.1 Å². The molecule has 0 aliphatic carbocycles. The van der Waals surface area contributed by atoms with Gasteiger partial charge in [-0.05, 0) is 12.1 Å². The summed E-state index contributed by atoms with van der Waals surface area (Å²) in [5.74, 6) is 0.764. The van der Waals surface area contributed by atoms with E-state index in [9.17, 15) is 0 Å². The number of pyridine rings is 1. The molecule has 2 N–H and O–H groups in total. The minimum atomic E-state index is 0.494. The van der Waals surface area contributed by atoms with E-state index in [4.69, 9.17) is 11.6 Å². The van der Waals surface area contributed by atoms with Crippen LogP contribution in [0.1, 0.15) is 0 Å². The first-order valence-electron chi connectivity index (χ1n) is 3.30. The summed E-state index contributed by atoms with van der Waals surface area (Å²) in [6.45, 7) is 0. The molecular weight excluding hydrogens is 162 g/mol. The maximum atomic E-state index is 5.67. The van der Waals surface area contributed by atoms with Crippen LogP contribution in [0.3, 0.4) is 0 Å². The van der Waals surface area contributed by atoms with E-state index in [1.54, 1.807) is 13.1 Å². The number of halogens is 1. The van der Waals surface area contributed by atoms with Crippen LogP contribution in [0.4, 0.5) is 11.5 Å². The predicted molar refractivity (Wildman–Crippen MR) is 48.3 cm³/mol. The fourth-order valence-electron chi connectivity index (χ4n) is 0.828. The summed E-state index contributed by atoms with van der Waals surface area (Å²) in [5, 5.41) is 6.41. The van der Waals surface area contributed by atoms with Crippen LogP contribution >= 0.6 is 11.6 Å². The Balaban J connectivity index is 3.06. The van der Waals surface area contributed by atoms with Gasteiger partial charge in [-0.15, -0.1) is 0 Å². The zero-order valence-corrected chi connectivity index (χ0v) is 7.24. The number of anilines is 2. The molecular formula is C7H10ClN3. The Hall–Kier alpha value is -0.960. The monoisotopic (exact) mass is 171 g/mol. The van der Waals surface area contributed by atoms with Gasteiger partial charge in [-0.3, -0.25) is 0 Å². The van der Waals surface area contributed by atoms with Crippen LogP contribution in [0.25, 0.3) is 0 Å². The number of nitrogens with zero attached hydrogens (tertiary/aromatic N) is 1. The normalized spacial score (nSPS) is 9.36. The first-order valence-corrected chi connectivity index (χ1v) is 3.67. The molecule has 0 fully saturated rings. The predicted octanol–water partition coefficient (Wildman–Crippen LogP) is 1.82. The zero-order chi connectivity index (χ0) is 8.27. The summed E-state index contributed by atoms with van der Waals surface area (Å²) in [4.78, 5) is 4.05. The third-order valence-corrected chi connectivity index (χ3v) is 1.58. The van der Waals surface area contributed by atoms with Crippen molar-refractivity contribution in [2.75, 3.05) is 24.7 Å². The van der Waals surface area contributed by atoms with Crippen LogP contribution < -0.4 is 10.6 Å². The van der Waals surface area contributed by atoms with E-state index in [1.165, 1.54) is 0 Å². The van der Waals surface area contributed by atoms with Gasteiger partial charge in [-0.2, -0.15) is 0 Å². The van der Waals surface area contributed by atoms with Crippen molar-refractivity contribution in [3.63, 3.8) is 0 Å². The van der Waals surface area contributed by atoms with E-state index in [2.05, 4.69) is 15.6 Å². The molecule has 1 heterocycles. The van der Waals surface area contributed by atoms with E-state index in [0.29, 0.717) is 5.15 Å². The number of aromatic nitrogens is 1. The van der Waals surface area contributed by atoms with Crippen LogP contribution in [-0.2, 0) is 0 Å². The Morgan fingerprint density at radius 3 is 2.55 bits per heavy atom. The summed E-state index contributed by atoms with van der Waals surface area (Å²) in [6, 6.07) is 3.62. The summed E-state index contributed by atoms with van der Waals surface area (Å²) >= 11 is 5.67. The van der Waals surface area contributed by atoms with Crippen LogP contribution in [0.15, 0.2) is 12.1 Å². The van der Waals surface area contributed by atoms with Crippen molar-refractivity contribution in [3.8, 4) is 0 Å². The average molecular weight is 172 g/mol. The molecule has 11 heavy (non-hydrogen) atoms. The van der Waals surface area contributed by atoms with Gasteiger partial charge < -0.3 is 10.6 Å². The SMILES string of the molecule is CNc1ccc(Cl)nc1NC. The van der Waals surface area contributed by atoms with Crippen LogP contribution in [0.2, 0.25) is 5.15 Å². The Bertz CT molecular complexity index is 249. The summed E-state index contributed by atoms with van der Waals surface area (Å²) in [5.41, 5.74) is 0.942. The highest BCUT2D eigenvalue weighted by atomic mass is 35.5. The first-order chi connectivity index (χ1) is 5.27. The largest absolute Gasteiger partial charge is 0.385 e. The maximum Gasteiger partial charge on any atom is 0.150 e. The Morgan fingerprint density at radius 2 is 2.00 bits per heavy atom. The summed E-state index contributed by atoms with van der Waals surface area (Å²) in [6.07, 6.45) is 0. The lowest BCUT2D eigenvalue weighted by Gasteiger charge is -2.06. The van der Waals surface area contributed by atoms with E-state index < -0.39 is 0 Å². The van der Waals surface area contributed by atoms with Gasteiger partial charge in [0.15, 0.2) is 5.82 Å². The summed E-state index contributed by atoms with van der Waals surface area (Å²) in [7, 11) is 3.64. The smallest absolute Gasteiger partial charge is 0.150 e. The number of nitrogens with one attached hydrogen (secondary N) is 2. The van der Waals surface area contributed by atoms with Gasteiger partial charge >= 0.3 is 0 Å². The second kappa shape index (κ2) is 3.44. The van der Waals surface area contributed by atoms with Crippen molar-refractivity contribution in [3.05, 3.63) is 17.3 Å². The molecule has 60 valence electrons. The molecule has 0 amide bonds.